The van der Waals surface area contributed by atoms with Crippen LogP contribution in [-0.4, -0.2) is 4.98 Å². The molecule has 0 unspecified atom stereocenters. The molecule has 0 saturated heterocycles. The summed E-state index contributed by atoms with van der Waals surface area (Å²) >= 11 is 0. The minimum atomic E-state index is 0. The molecule has 0 aliphatic rings. The number of rotatable bonds is 8. The van der Waals surface area contributed by atoms with Gasteiger partial charge < -0.3 is 0 Å². The highest BCUT2D eigenvalue weighted by Crippen LogP contribution is 2.09. The number of hydrogen-bond acceptors (Lipinski definition) is 1. The van der Waals surface area contributed by atoms with Crippen molar-refractivity contribution in [2.75, 3.05) is 0 Å². The fraction of sp³-hybridized carbons (Fsp3) is 0.542. The Morgan fingerprint density at radius 3 is 1.56 bits per heavy atom. The molecule has 1 aromatic carbocycles. The molecule has 25 heavy (non-hydrogen) atoms. The highest BCUT2D eigenvalue weighted by atomic mass is 14.6. The summed E-state index contributed by atoms with van der Waals surface area (Å²) in [5.41, 5.74) is 2.88. The van der Waals surface area contributed by atoms with Crippen molar-refractivity contribution in [3.63, 3.8) is 0 Å². The molecule has 1 nitrogen and oxygen atoms in total. The minimum absolute atomic E-state index is 0. The third kappa shape index (κ3) is 13.3. The van der Waals surface area contributed by atoms with Crippen LogP contribution in [0.15, 0.2) is 54.9 Å². The van der Waals surface area contributed by atoms with Crippen LogP contribution >= 0.6 is 0 Å². The molecule has 0 saturated carbocycles. The highest BCUT2D eigenvalue weighted by molar-refractivity contribution is 5.14. The normalized spacial score (nSPS) is 10.2. The van der Waals surface area contributed by atoms with Gasteiger partial charge in [0.2, 0.25) is 0 Å². The van der Waals surface area contributed by atoms with E-state index in [1.807, 2.05) is 12.4 Å². The van der Waals surface area contributed by atoms with E-state index in [0.717, 1.165) is 11.8 Å². The Bertz CT molecular complexity index is 453. The standard InChI is InChI=1S/C12H18.C11H17N.CH4/c1-11(2)7-6-10-12-8-4-3-5-9-12;1-10(2)4-3-5-11-6-8-12-9-7-11;/h3-5,8-9,11H,6-7,10H2,1-2H3;6-10H,3-5H2,1-2H3;1H4. The largest absolute Gasteiger partial charge is 0.265 e. The smallest absolute Gasteiger partial charge is 0.0270 e. The molecule has 1 heteroatoms. The zero-order valence-electron chi connectivity index (χ0n) is 16.0. The maximum Gasteiger partial charge on any atom is 0.0270 e. The van der Waals surface area contributed by atoms with Crippen molar-refractivity contribution in [1.29, 1.82) is 0 Å². The van der Waals surface area contributed by atoms with Crippen LogP contribution in [0.2, 0.25) is 0 Å². The first-order valence-electron chi connectivity index (χ1n) is 9.50. The van der Waals surface area contributed by atoms with Gasteiger partial charge in [-0.2, -0.15) is 0 Å². The van der Waals surface area contributed by atoms with Crippen molar-refractivity contribution in [3.05, 3.63) is 66.0 Å². The predicted octanol–water partition coefficient (Wildman–Crippen LogP) is 7.36. The molecule has 0 aliphatic heterocycles. The first-order chi connectivity index (χ1) is 11.6. The SMILES string of the molecule is C.CC(C)CCCc1ccccc1.CC(C)CCCc1ccncc1. The molecule has 0 spiro atoms. The third-order valence-electron chi connectivity index (χ3n) is 4.09. The molecular weight excluding hydrogens is 302 g/mol. The fourth-order valence-corrected chi connectivity index (χ4v) is 2.62. The van der Waals surface area contributed by atoms with Crippen LogP contribution in [0.4, 0.5) is 0 Å². The molecule has 1 aromatic heterocycles. The van der Waals surface area contributed by atoms with Gasteiger partial charge in [-0.25, -0.2) is 0 Å². The van der Waals surface area contributed by atoms with Crippen molar-refractivity contribution in [2.45, 2.75) is 73.6 Å². The Kier molecular flexibility index (Phi) is 13.7. The molecule has 0 atom stereocenters. The first kappa shape index (κ1) is 23.4. The van der Waals surface area contributed by atoms with Gasteiger partial charge in [-0.05, 0) is 60.8 Å². The number of benzene rings is 1. The van der Waals surface area contributed by atoms with E-state index in [2.05, 4.69) is 75.1 Å². The van der Waals surface area contributed by atoms with E-state index < -0.39 is 0 Å². The van der Waals surface area contributed by atoms with Gasteiger partial charge in [-0.15, -0.1) is 0 Å². The van der Waals surface area contributed by atoms with Crippen LogP contribution in [0.5, 0.6) is 0 Å². The molecular formula is C24H39N. The zero-order valence-corrected chi connectivity index (χ0v) is 16.0. The van der Waals surface area contributed by atoms with Crippen molar-refractivity contribution < 1.29 is 0 Å². The summed E-state index contributed by atoms with van der Waals surface area (Å²) in [7, 11) is 0. The zero-order chi connectivity index (χ0) is 17.6. The van der Waals surface area contributed by atoms with E-state index >= 15 is 0 Å². The van der Waals surface area contributed by atoms with E-state index in [4.69, 9.17) is 0 Å². The topological polar surface area (TPSA) is 12.9 Å². The Hall–Kier alpha value is -1.63. The number of nitrogens with zero attached hydrogens (tertiary/aromatic N) is 1. The Morgan fingerprint density at radius 1 is 0.680 bits per heavy atom. The molecule has 0 radical (unpaired) electrons. The molecule has 0 aliphatic carbocycles. The van der Waals surface area contributed by atoms with E-state index in [1.165, 1.54) is 49.7 Å². The molecule has 0 bridgehead atoms. The minimum Gasteiger partial charge on any atom is -0.265 e. The summed E-state index contributed by atoms with van der Waals surface area (Å²) in [6.07, 6.45) is 11.4. The molecule has 2 rings (SSSR count). The van der Waals surface area contributed by atoms with E-state index in [1.54, 1.807) is 0 Å². The van der Waals surface area contributed by atoms with Gasteiger partial charge in [0.25, 0.3) is 0 Å². The lowest BCUT2D eigenvalue weighted by Crippen LogP contribution is -1.90. The summed E-state index contributed by atoms with van der Waals surface area (Å²) in [5.74, 6) is 1.67. The maximum absolute atomic E-state index is 3.99. The maximum atomic E-state index is 3.99. The number of hydrogen-bond donors (Lipinski definition) is 0. The number of aromatic nitrogens is 1. The third-order valence-corrected chi connectivity index (χ3v) is 4.09. The lowest BCUT2D eigenvalue weighted by molar-refractivity contribution is 0.555. The molecule has 0 N–H and O–H groups in total. The average molecular weight is 342 g/mol. The number of pyridine rings is 1. The molecule has 1 heterocycles. The van der Waals surface area contributed by atoms with E-state index in [-0.39, 0.29) is 7.43 Å². The molecule has 140 valence electrons. The second kappa shape index (κ2) is 14.7. The van der Waals surface area contributed by atoms with Gasteiger partial charge in [-0.3, -0.25) is 4.98 Å². The summed E-state index contributed by atoms with van der Waals surface area (Å²) in [6, 6.07) is 14.9. The lowest BCUT2D eigenvalue weighted by Gasteiger charge is -2.03. The van der Waals surface area contributed by atoms with Gasteiger partial charge >= 0.3 is 0 Å². The van der Waals surface area contributed by atoms with Gasteiger partial charge in [0.1, 0.15) is 0 Å². The van der Waals surface area contributed by atoms with Gasteiger partial charge in [0.05, 0.1) is 0 Å². The lowest BCUT2D eigenvalue weighted by atomic mass is 10.0. The Labute approximate surface area is 156 Å². The van der Waals surface area contributed by atoms with Crippen molar-refractivity contribution >= 4 is 0 Å². The van der Waals surface area contributed by atoms with E-state index in [9.17, 15) is 0 Å². The quantitative estimate of drug-likeness (QED) is 0.488. The van der Waals surface area contributed by atoms with Crippen LogP contribution in [0, 0.1) is 11.8 Å². The fourth-order valence-electron chi connectivity index (χ4n) is 2.62. The summed E-state index contributed by atoms with van der Waals surface area (Å²) in [5, 5.41) is 0. The van der Waals surface area contributed by atoms with Crippen molar-refractivity contribution in [3.8, 4) is 0 Å². The van der Waals surface area contributed by atoms with Crippen LogP contribution < -0.4 is 0 Å². The monoisotopic (exact) mass is 341 g/mol. The van der Waals surface area contributed by atoms with Gasteiger partial charge in [0, 0.05) is 12.4 Å². The van der Waals surface area contributed by atoms with Crippen LogP contribution in [0.25, 0.3) is 0 Å². The van der Waals surface area contributed by atoms with Crippen LogP contribution in [0.3, 0.4) is 0 Å². The summed E-state index contributed by atoms with van der Waals surface area (Å²) in [4.78, 5) is 3.99. The van der Waals surface area contributed by atoms with Gasteiger partial charge in [0.15, 0.2) is 0 Å². The van der Waals surface area contributed by atoms with Crippen LogP contribution in [-0.2, 0) is 12.8 Å². The van der Waals surface area contributed by atoms with Crippen LogP contribution in [0.1, 0.15) is 71.9 Å². The summed E-state index contributed by atoms with van der Waals surface area (Å²) < 4.78 is 0. The van der Waals surface area contributed by atoms with Gasteiger partial charge in [-0.1, -0.05) is 78.3 Å². The predicted molar refractivity (Wildman–Crippen MR) is 113 cm³/mol. The second-order valence-corrected chi connectivity index (χ2v) is 7.41. The average Bonchev–Trinajstić information content (AvgIpc) is 2.57. The second-order valence-electron chi connectivity index (χ2n) is 7.41. The Balaban J connectivity index is 0.000000443. The summed E-state index contributed by atoms with van der Waals surface area (Å²) in [6.45, 7) is 9.11. The Morgan fingerprint density at radius 2 is 1.12 bits per heavy atom. The highest BCUT2D eigenvalue weighted by Gasteiger charge is 1.95. The molecule has 0 amide bonds. The molecule has 0 fully saturated rings. The van der Waals surface area contributed by atoms with Crippen molar-refractivity contribution in [2.24, 2.45) is 11.8 Å². The first-order valence-corrected chi connectivity index (χ1v) is 9.50. The van der Waals surface area contributed by atoms with Crippen molar-refractivity contribution in [1.82, 2.24) is 4.98 Å². The number of aryl methyl sites for hydroxylation is 2. The molecule has 2 aromatic rings. The van der Waals surface area contributed by atoms with E-state index in [0.29, 0.717) is 0 Å².